The Kier molecular flexibility index (Phi) is 5.47. The van der Waals surface area contributed by atoms with Gasteiger partial charge in [0.2, 0.25) is 5.91 Å². The molecule has 1 amide bonds. The molecule has 1 aliphatic rings. The van der Waals surface area contributed by atoms with Crippen molar-refractivity contribution >= 4 is 29.7 Å². The van der Waals surface area contributed by atoms with Gasteiger partial charge in [0, 0.05) is 17.8 Å². The smallest absolute Gasteiger partial charge is 0.271 e. The molecule has 7 heteroatoms. The average molecular weight is 300 g/mol. The predicted octanol–water partition coefficient (Wildman–Crippen LogP) is 2.49. The van der Waals surface area contributed by atoms with Crippen LogP contribution in [0.15, 0.2) is 24.3 Å². The second-order valence-corrected chi connectivity index (χ2v) is 4.98. The molecule has 0 bridgehead atoms. The van der Waals surface area contributed by atoms with Crippen molar-refractivity contribution in [1.29, 1.82) is 0 Å². The molecule has 0 radical (unpaired) electrons. The first-order valence-corrected chi connectivity index (χ1v) is 6.32. The predicted molar refractivity (Wildman–Crippen MR) is 79.2 cm³/mol. The number of benzene rings is 1. The van der Waals surface area contributed by atoms with Gasteiger partial charge >= 0.3 is 0 Å². The summed E-state index contributed by atoms with van der Waals surface area (Å²) in [5.74, 6) is -0.146. The zero-order chi connectivity index (χ0) is 13.9. The number of carbonyl (C=O) groups is 1. The summed E-state index contributed by atoms with van der Waals surface area (Å²) >= 11 is 0. The Labute approximate surface area is 123 Å². The van der Waals surface area contributed by atoms with Crippen molar-refractivity contribution in [1.82, 2.24) is 5.32 Å². The fourth-order valence-corrected chi connectivity index (χ4v) is 2.22. The Morgan fingerprint density at radius 2 is 2.20 bits per heavy atom. The first kappa shape index (κ1) is 16.4. The number of piperidine rings is 1. The number of carbonyl (C=O) groups excluding carboxylic acids is 1. The zero-order valence-corrected chi connectivity index (χ0v) is 12.0. The number of nitro benzene ring substituents is 1. The lowest BCUT2D eigenvalue weighted by molar-refractivity contribution is -0.384. The van der Waals surface area contributed by atoms with Crippen molar-refractivity contribution in [3.8, 4) is 0 Å². The van der Waals surface area contributed by atoms with Crippen molar-refractivity contribution in [3.63, 3.8) is 0 Å². The minimum atomic E-state index is -0.594. The van der Waals surface area contributed by atoms with Gasteiger partial charge in [-0.15, -0.1) is 12.4 Å². The maximum atomic E-state index is 12.2. The Hall–Kier alpha value is -1.66. The minimum Gasteiger partial charge on any atom is -0.324 e. The van der Waals surface area contributed by atoms with Crippen LogP contribution >= 0.6 is 12.4 Å². The molecule has 1 unspecified atom stereocenters. The summed E-state index contributed by atoms with van der Waals surface area (Å²) in [5.41, 5.74) is -0.171. The lowest BCUT2D eigenvalue weighted by Gasteiger charge is -2.33. The van der Waals surface area contributed by atoms with Gasteiger partial charge in [0.05, 0.1) is 10.5 Å². The van der Waals surface area contributed by atoms with Gasteiger partial charge in [-0.2, -0.15) is 0 Å². The van der Waals surface area contributed by atoms with Crippen molar-refractivity contribution in [2.75, 3.05) is 11.9 Å². The molecule has 110 valence electrons. The van der Waals surface area contributed by atoms with E-state index in [1.54, 1.807) is 12.1 Å². The number of nitrogens with zero attached hydrogens (tertiary/aromatic N) is 1. The molecular weight excluding hydrogens is 282 g/mol. The first-order chi connectivity index (χ1) is 9.01. The van der Waals surface area contributed by atoms with E-state index in [-0.39, 0.29) is 24.0 Å². The van der Waals surface area contributed by atoms with Crippen molar-refractivity contribution < 1.29 is 9.72 Å². The van der Waals surface area contributed by atoms with E-state index in [1.165, 1.54) is 12.1 Å². The third-order valence-electron chi connectivity index (χ3n) is 3.43. The Bertz CT molecular complexity index is 501. The van der Waals surface area contributed by atoms with Gasteiger partial charge in [-0.3, -0.25) is 14.9 Å². The number of anilines is 1. The number of amides is 1. The standard InChI is InChI=1S/C13H17N3O3.ClH/c1-13(7-2-3-8-14-13)12(17)15-10-5-4-6-11(9-10)16(18)19;/h4-6,9,14H,2-3,7-8H2,1H3,(H,15,17);1H. The molecule has 1 heterocycles. The normalized spacial score (nSPS) is 21.6. The molecule has 0 saturated carbocycles. The van der Waals surface area contributed by atoms with Gasteiger partial charge in [-0.25, -0.2) is 0 Å². The lowest BCUT2D eigenvalue weighted by Crippen LogP contribution is -2.54. The monoisotopic (exact) mass is 299 g/mol. The molecular formula is C13H18ClN3O3. The molecule has 1 aromatic rings. The molecule has 1 atom stereocenters. The summed E-state index contributed by atoms with van der Waals surface area (Å²) in [5, 5.41) is 16.6. The zero-order valence-electron chi connectivity index (χ0n) is 11.2. The van der Waals surface area contributed by atoms with Crippen LogP contribution in [0.4, 0.5) is 11.4 Å². The Balaban J connectivity index is 0.00000200. The molecule has 1 fully saturated rings. The van der Waals surface area contributed by atoms with Crippen molar-refractivity contribution in [2.45, 2.75) is 31.7 Å². The molecule has 1 saturated heterocycles. The van der Waals surface area contributed by atoms with Crippen LogP contribution in [0.2, 0.25) is 0 Å². The highest BCUT2D eigenvalue weighted by molar-refractivity contribution is 5.98. The molecule has 1 aliphatic heterocycles. The van der Waals surface area contributed by atoms with Crippen LogP contribution in [0.25, 0.3) is 0 Å². The summed E-state index contributed by atoms with van der Waals surface area (Å²) in [4.78, 5) is 22.4. The third-order valence-corrected chi connectivity index (χ3v) is 3.43. The molecule has 2 N–H and O–H groups in total. The minimum absolute atomic E-state index is 0. The van der Waals surface area contributed by atoms with Gasteiger partial charge in [0.15, 0.2) is 0 Å². The fourth-order valence-electron chi connectivity index (χ4n) is 2.22. The van der Waals surface area contributed by atoms with E-state index in [0.717, 1.165) is 25.8 Å². The number of hydrogen-bond donors (Lipinski definition) is 2. The van der Waals surface area contributed by atoms with Crippen LogP contribution in [0.1, 0.15) is 26.2 Å². The topological polar surface area (TPSA) is 84.3 Å². The highest BCUT2D eigenvalue weighted by Crippen LogP contribution is 2.22. The van der Waals surface area contributed by atoms with E-state index in [2.05, 4.69) is 10.6 Å². The number of halogens is 1. The van der Waals surface area contributed by atoms with Crippen molar-refractivity contribution in [3.05, 3.63) is 34.4 Å². The molecule has 1 aromatic carbocycles. The second kappa shape index (κ2) is 6.67. The molecule has 0 aliphatic carbocycles. The summed E-state index contributed by atoms with van der Waals surface area (Å²) in [6, 6.07) is 5.97. The van der Waals surface area contributed by atoms with E-state index >= 15 is 0 Å². The SMILES string of the molecule is CC1(C(=O)Nc2cccc([N+](=O)[O-])c2)CCCCN1.Cl. The van der Waals surface area contributed by atoms with Crippen molar-refractivity contribution in [2.24, 2.45) is 0 Å². The van der Waals surface area contributed by atoms with E-state index in [1.807, 2.05) is 6.92 Å². The first-order valence-electron chi connectivity index (χ1n) is 6.32. The molecule has 2 rings (SSSR count). The largest absolute Gasteiger partial charge is 0.324 e. The molecule has 20 heavy (non-hydrogen) atoms. The maximum Gasteiger partial charge on any atom is 0.271 e. The highest BCUT2D eigenvalue weighted by atomic mass is 35.5. The quantitative estimate of drug-likeness (QED) is 0.663. The van der Waals surface area contributed by atoms with E-state index in [4.69, 9.17) is 0 Å². The number of non-ortho nitro benzene ring substituents is 1. The summed E-state index contributed by atoms with van der Waals surface area (Å²) in [6.07, 6.45) is 2.85. The maximum absolute atomic E-state index is 12.2. The Morgan fingerprint density at radius 1 is 1.45 bits per heavy atom. The van der Waals surface area contributed by atoms with Gasteiger partial charge in [0.25, 0.3) is 5.69 Å². The third kappa shape index (κ3) is 3.68. The highest BCUT2D eigenvalue weighted by Gasteiger charge is 2.34. The molecule has 0 aromatic heterocycles. The number of hydrogen-bond acceptors (Lipinski definition) is 4. The number of nitro groups is 1. The average Bonchev–Trinajstić information content (AvgIpc) is 2.40. The summed E-state index contributed by atoms with van der Waals surface area (Å²) < 4.78 is 0. The van der Waals surface area contributed by atoms with Crippen LogP contribution in [0.5, 0.6) is 0 Å². The van der Waals surface area contributed by atoms with Crippen LogP contribution in [0, 0.1) is 10.1 Å². The summed E-state index contributed by atoms with van der Waals surface area (Å²) in [6.45, 7) is 2.68. The molecule has 0 spiro atoms. The van der Waals surface area contributed by atoms with Gasteiger partial charge < -0.3 is 10.6 Å². The van der Waals surface area contributed by atoms with Crippen LogP contribution in [-0.2, 0) is 4.79 Å². The molecule has 6 nitrogen and oxygen atoms in total. The summed E-state index contributed by atoms with van der Waals surface area (Å²) in [7, 11) is 0. The number of rotatable bonds is 3. The second-order valence-electron chi connectivity index (χ2n) is 4.98. The van der Waals surface area contributed by atoms with E-state index in [9.17, 15) is 14.9 Å². The van der Waals surface area contributed by atoms with Crippen LogP contribution in [-0.4, -0.2) is 22.9 Å². The van der Waals surface area contributed by atoms with Crippen LogP contribution in [0.3, 0.4) is 0 Å². The van der Waals surface area contributed by atoms with E-state index in [0.29, 0.717) is 5.69 Å². The van der Waals surface area contributed by atoms with E-state index < -0.39 is 10.5 Å². The van der Waals surface area contributed by atoms with Gasteiger partial charge in [-0.1, -0.05) is 6.07 Å². The van der Waals surface area contributed by atoms with Gasteiger partial charge in [-0.05, 0) is 38.8 Å². The number of nitrogens with one attached hydrogen (secondary N) is 2. The van der Waals surface area contributed by atoms with Gasteiger partial charge in [0.1, 0.15) is 0 Å². The Morgan fingerprint density at radius 3 is 2.80 bits per heavy atom. The lowest BCUT2D eigenvalue weighted by atomic mass is 9.90. The van der Waals surface area contributed by atoms with Crippen LogP contribution < -0.4 is 10.6 Å². The fraction of sp³-hybridized carbons (Fsp3) is 0.462.